The lowest BCUT2D eigenvalue weighted by Gasteiger charge is -2.25. The fourth-order valence-corrected chi connectivity index (χ4v) is 2.22. The Labute approximate surface area is 97.1 Å². The quantitative estimate of drug-likeness (QED) is 0.802. The van der Waals surface area contributed by atoms with E-state index in [-0.39, 0.29) is 0 Å². The zero-order chi connectivity index (χ0) is 11.5. The van der Waals surface area contributed by atoms with Gasteiger partial charge in [0.25, 0.3) is 0 Å². The number of rotatable bonds is 2. The molecule has 0 spiro atoms. The average Bonchev–Trinajstić information content (AvgIpc) is 2.30. The van der Waals surface area contributed by atoms with Crippen LogP contribution in [0.1, 0.15) is 30.9 Å². The molecule has 1 aromatic rings. The summed E-state index contributed by atoms with van der Waals surface area (Å²) in [4.78, 5) is 2.06. The molecule has 0 aromatic heterocycles. The maximum absolute atomic E-state index is 9.91. The third-order valence-corrected chi connectivity index (χ3v) is 3.21. The van der Waals surface area contributed by atoms with Gasteiger partial charge in [0, 0.05) is 31.4 Å². The van der Waals surface area contributed by atoms with Crippen molar-refractivity contribution in [3.05, 3.63) is 23.8 Å². The van der Waals surface area contributed by atoms with Crippen LogP contribution in [-0.2, 0) is 0 Å². The summed E-state index contributed by atoms with van der Waals surface area (Å²) in [5, 5.41) is 13.4. The van der Waals surface area contributed by atoms with Gasteiger partial charge in [0.2, 0.25) is 0 Å². The van der Waals surface area contributed by atoms with Crippen LogP contribution in [0.4, 0.5) is 5.69 Å². The van der Waals surface area contributed by atoms with E-state index in [1.54, 1.807) is 6.07 Å². The number of phenols is 1. The van der Waals surface area contributed by atoms with Gasteiger partial charge in [-0.25, -0.2) is 0 Å². The lowest BCUT2D eigenvalue weighted by molar-refractivity contribution is 0.391. The summed E-state index contributed by atoms with van der Waals surface area (Å²) in [6.45, 7) is 1.05. The summed E-state index contributed by atoms with van der Waals surface area (Å²) in [7, 11) is 4.04. The minimum absolute atomic E-state index is 0.314. The highest BCUT2D eigenvalue weighted by Crippen LogP contribution is 2.32. The fraction of sp³-hybridized carbons (Fsp3) is 0.538. The zero-order valence-electron chi connectivity index (χ0n) is 10.0. The Morgan fingerprint density at radius 3 is 2.75 bits per heavy atom. The smallest absolute Gasteiger partial charge is 0.120 e. The van der Waals surface area contributed by atoms with Gasteiger partial charge in [-0.15, -0.1) is 0 Å². The molecule has 1 fully saturated rings. The van der Waals surface area contributed by atoms with E-state index in [2.05, 4.69) is 16.3 Å². The van der Waals surface area contributed by atoms with E-state index in [1.807, 2.05) is 20.2 Å². The first-order valence-electron chi connectivity index (χ1n) is 5.92. The van der Waals surface area contributed by atoms with Crippen LogP contribution in [0.5, 0.6) is 5.75 Å². The molecule has 88 valence electrons. The molecule has 1 unspecified atom stereocenters. The highest BCUT2D eigenvalue weighted by Gasteiger charge is 2.18. The van der Waals surface area contributed by atoms with Crippen LogP contribution in [0.15, 0.2) is 18.2 Å². The van der Waals surface area contributed by atoms with Crippen molar-refractivity contribution in [2.24, 2.45) is 0 Å². The fourth-order valence-electron chi connectivity index (χ4n) is 2.22. The highest BCUT2D eigenvalue weighted by atomic mass is 16.3. The molecule has 1 aromatic carbocycles. The van der Waals surface area contributed by atoms with Crippen LogP contribution >= 0.6 is 0 Å². The van der Waals surface area contributed by atoms with Crippen molar-refractivity contribution >= 4 is 5.69 Å². The Hall–Kier alpha value is -1.22. The van der Waals surface area contributed by atoms with Gasteiger partial charge in [0.05, 0.1) is 0 Å². The molecule has 0 aliphatic carbocycles. The molecule has 0 saturated carbocycles. The third-order valence-electron chi connectivity index (χ3n) is 3.21. The Morgan fingerprint density at radius 1 is 1.31 bits per heavy atom. The van der Waals surface area contributed by atoms with Crippen molar-refractivity contribution < 1.29 is 5.11 Å². The lowest BCUT2D eigenvalue weighted by Crippen LogP contribution is -2.27. The van der Waals surface area contributed by atoms with E-state index in [1.165, 1.54) is 12.8 Å². The predicted octanol–water partition coefficient (Wildman–Crippen LogP) is 2.27. The van der Waals surface area contributed by atoms with Crippen molar-refractivity contribution in [2.75, 3.05) is 25.5 Å². The largest absolute Gasteiger partial charge is 0.508 e. The Morgan fingerprint density at radius 2 is 2.12 bits per heavy atom. The molecule has 1 atom stereocenters. The van der Waals surface area contributed by atoms with E-state index < -0.39 is 0 Å². The molecule has 3 heteroatoms. The van der Waals surface area contributed by atoms with Gasteiger partial charge in [-0.3, -0.25) is 0 Å². The average molecular weight is 220 g/mol. The minimum atomic E-state index is 0.314. The first-order chi connectivity index (χ1) is 7.68. The second kappa shape index (κ2) is 4.74. The van der Waals surface area contributed by atoms with Gasteiger partial charge >= 0.3 is 0 Å². The molecule has 3 nitrogen and oxygen atoms in total. The van der Waals surface area contributed by atoms with Crippen LogP contribution in [0, 0.1) is 0 Å². The monoisotopic (exact) mass is 220 g/mol. The second-order valence-corrected chi connectivity index (χ2v) is 4.64. The van der Waals surface area contributed by atoms with Gasteiger partial charge in [-0.2, -0.15) is 0 Å². The number of aromatic hydroxyl groups is 1. The molecule has 0 bridgehead atoms. The predicted molar refractivity (Wildman–Crippen MR) is 67.0 cm³/mol. The summed E-state index contributed by atoms with van der Waals surface area (Å²) in [5.41, 5.74) is 2.17. The molecule has 1 aliphatic rings. The Balaban J connectivity index is 2.27. The van der Waals surface area contributed by atoms with Gasteiger partial charge in [0.15, 0.2) is 0 Å². The molecule has 1 aliphatic heterocycles. The van der Waals surface area contributed by atoms with Gasteiger partial charge in [0.1, 0.15) is 5.75 Å². The molecule has 2 rings (SSSR count). The summed E-state index contributed by atoms with van der Waals surface area (Å²) in [5.74, 6) is 0.407. The van der Waals surface area contributed by atoms with Crippen LogP contribution in [-0.4, -0.2) is 25.7 Å². The summed E-state index contributed by atoms with van der Waals surface area (Å²) in [6.07, 6.45) is 3.60. The van der Waals surface area contributed by atoms with E-state index in [4.69, 9.17) is 0 Å². The van der Waals surface area contributed by atoms with Crippen LogP contribution < -0.4 is 10.2 Å². The number of anilines is 1. The van der Waals surface area contributed by atoms with Gasteiger partial charge in [-0.05, 0) is 37.6 Å². The van der Waals surface area contributed by atoms with Gasteiger partial charge < -0.3 is 15.3 Å². The maximum Gasteiger partial charge on any atom is 0.120 e. The van der Waals surface area contributed by atoms with E-state index >= 15 is 0 Å². The third kappa shape index (κ3) is 2.30. The van der Waals surface area contributed by atoms with Crippen molar-refractivity contribution in [1.82, 2.24) is 5.32 Å². The standard InChI is InChI=1S/C13H20N2O/c1-15(2)10-6-7-13(16)11(9-10)12-5-3-4-8-14-12/h6-7,9,12,14,16H,3-5,8H2,1-2H3. The number of phenolic OH excluding ortho intramolecular Hbond substituents is 1. The first-order valence-corrected chi connectivity index (χ1v) is 5.92. The van der Waals surface area contributed by atoms with E-state index in [0.29, 0.717) is 11.8 Å². The molecular weight excluding hydrogens is 200 g/mol. The van der Waals surface area contributed by atoms with Crippen molar-refractivity contribution in [1.29, 1.82) is 0 Å². The Bertz CT molecular complexity index is 357. The highest BCUT2D eigenvalue weighted by molar-refractivity contribution is 5.52. The summed E-state index contributed by atoms with van der Waals surface area (Å²) in [6, 6.07) is 6.13. The molecular formula is C13H20N2O. The van der Waals surface area contributed by atoms with E-state index in [0.717, 1.165) is 24.2 Å². The molecule has 16 heavy (non-hydrogen) atoms. The first kappa shape index (κ1) is 11.3. The molecule has 0 amide bonds. The molecule has 1 heterocycles. The van der Waals surface area contributed by atoms with Crippen molar-refractivity contribution in [3.63, 3.8) is 0 Å². The molecule has 2 N–H and O–H groups in total. The van der Waals surface area contributed by atoms with Crippen LogP contribution in [0.2, 0.25) is 0 Å². The summed E-state index contributed by atoms with van der Waals surface area (Å²) < 4.78 is 0. The lowest BCUT2D eigenvalue weighted by atomic mass is 9.96. The van der Waals surface area contributed by atoms with Crippen molar-refractivity contribution in [3.8, 4) is 5.75 Å². The number of nitrogens with one attached hydrogen (secondary N) is 1. The number of hydrogen-bond acceptors (Lipinski definition) is 3. The molecule has 1 saturated heterocycles. The number of nitrogens with zero attached hydrogens (tertiary/aromatic N) is 1. The SMILES string of the molecule is CN(C)c1ccc(O)c(C2CCCCN2)c1. The van der Waals surface area contributed by atoms with Gasteiger partial charge in [-0.1, -0.05) is 6.42 Å². The minimum Gasteiger partial charge on any atom is -0.508 e. The topological polar surface area (TPSA) is 35.5 Å². The number of hydrogen-bond donors (Lipinski definition) is 2. The number of piperidine rings is 1. The normalized spacial score (nSPS) is 20.8. The number of benzene rings is 1. The van der Waals surface area contributed by atoms with Crippen LogP contribution in [0.3, 0.4) is 0 Å². The Kier molecular flexibility index (Phi) is 3.34. The molecule has 0 radical (unpaired) electrons. The summed E-state index contributed by atoms with van der Waals surface area (Å²) >= 11 is 0. The zero-order valence-corrected chi connectivity index (χ0v) is 10.0. The van der Waals surface area contributed by atoms with Crippen LogP contribution in [0.25, 0.3) is 0 Å². The van der Waals surface area contributed by atoms with E-state index in [9.17, 15) is 5.11 Å². The van der Waals surface area contributed by atoms with Crippen molar-refractivity contribution in [2.45, 2.75) is 25.3 Å². The maximum atomic E-state index is 9.91. The second-order valence-electron chi connectivity index (χ2n) is 4.64.